The van der Waals surface area contributed by atoms with Crippen molar-refractivity contribution in [3.05, 3.63) is 96.1 Å². The first-order valence-electron chi connectivity index (χ1n) is 13.8. The molecule has 0 amide bonds. The Morgan fingerprint density at radius 3 is 1.63 bits per heavy atom. The third kappa shape index (κ3) is 6.27. The van der Waals surface area contributed by atoms with E-state index in [-0.39, 0.29) is 5.75 Å². The number of halogens is 3. The van der Waals surface area contributed by atoms with Gasteiger partial charge in [0.05, 0.1) is 0 Å². The molecule has 8 heteroatoms. The molecule has 0 fully saturated rings. The molecule has 0 bridgehead atoms. The minimum absolute atomic E-state index is 0.317. The molecule has 4 nitrogen and oxygen atoms in total. The van der Waals surface area contributed by atoms with Crippen LogP contribution >= 0.6 is 0 Å². The van der Waals surface area contributed by atoms with E-state index in [1.54, 1.807) is 30.3 Å². The van der Waals surface area contributed by atoms with Gasteiger partial charge in [0.25, 0.3) is 0 Å². The summed E-state index contributed by atoms with van der Waals surface area (Å²) in [6.07, 6.45) is 13.4. The van der Waals surface area contributed by atoms with Crippen LogP contribution in [0.15, 0.2) is 84.9 Å². The fourth-order valence-corrected chi connectivity index (χ4v) is 5.99. The zero-order valence-electron chi connectivity index (χ0n) is 22.5. The van der Waals surface area contributed by atoms with Gasteiger partial charge in [-0.1, -0.05) is 72.8 Å². The first-order valence-corrected chi connectivity index (χ1v) is 15.2. The number of hydrogen-bond acceptors (Lipinski definition) is 4. The van der Waals surface area contributed by atoms with E-state index in [1.165, 1.54) is 41.9 Å². The number of aromatic hydroxyl groups is 1. The predicted molar refractivity (Wildman–Crippen MR) is 158 cm³/mol. The van der Waals surface area contributed by atoms with E-state index in [0.717, 1.165) is 48.6 Å². The molecule has 0 saturated heterocycles. The highest BCUT2D eigenvalue weighted by atomic mass is 32.2. The van der Waals surface area contributed by atoms with Gasteiger partial charge in [0.15, 0.2) is 5.75 Å². The maximum atomic E-state index is 12.6. The first-order chi connectivity index (χ1) is 19.7. The van der Waals surface area contributed by atoms with Gasteiger partial charge in [-0.3, -0.25) is 0 Å². The van der Waals surface area contributed by atoms with Crippen LogP contribution in [0.3, 0.4) is 0 Å². The van der Waals surface area contributed by atoms with Crippen molar-refractivity contribution in [3.8, 4) is 11.5 Å². The van der Waals surface area contributed by atoms with Crippen molar-refractivity contribution >= 4 is 42.8 Å². The largest absolute Gasteiger partial charge is 0.534 e. The number of benzene rings is 4. The van der Waals surface area contributed by atoms with E-state index in [2.05, 4.69) is 28.5 Å². The van der Waals surface area contributed by atoms with Crippen molar-refractivity contribution in [2.24, 2.45) is 0 Å². The van der Waals surface area contributed by atoms with Gasteiger partial charge in [-0.05, 0) is 96.5 Å². The lowest BCUT2D eigenvalue weighted by Crippen LogP contribution is -2.28. The van der Waals surface area contributed by atoms with Crippen LogP contribution in [-0.4, -0.2) is 19.0 Å². The lowest BCUT2D eigenvalue weighted by atomic mass is 9.90. The quantitative estimate of drug-likeness (QED) is 0.193. The van der Waals surface area contributed by atoms with E-state index in [9.17, 15) is 26.7 Å². The number of allylic oxidation sites excluding steroid dienone is 4. The summed E-state index contributed by atoms with van der Waals surface area (Å²) in [5.41, 5.74) is -0.700. The third-order valence-corrected chi connectivity index (χ3v) is 8.51. The average Bonchev–Trinajstić information content (AvgIpc) is 2.98. The standard InChI is InChI=1S/C17H15F3O3S.C16H16O/c18-17(19,20)24(21,22)23-16-11-10-13(12-6-2-1-3-7-12)14-8-4-5-9-15(14)16;17-16-11-10-13(12-6-2-1-3-7-12)14-8-4-5-9-15(14)16/h4-6,8-11H,1-3,7H2;4-6,8-11,17H,1-3,7H2. The normalized spacial score (nSPS) is 16.0. The Balaban J connectivity index is 0.000000174. The molecule has 6 rings (SSSR count). The molecule has 4 aromatic carbocycles. The monoisotopic (exact) mass is 580 g/mol. The number of fused-ring (bicyclic) bond motifs is 2. The number of phenols is 1. The molecule has 214 valence electrons. The molecule has 41 heavy (non-hydrogen) atoms. The van der Waals surface area contributed by atoms with E-state index in [1.807, 2.05) is 24.3 Å². The molecule has 0 atom stereocenters. The molecule has 0 heterocycles. The Bertz CT molecular complexity index is 1740. The second-order valence-electron chi connectivity index (χ2n) is 10.3. The van der Waals surface area contributed by atoms with E-state index in [4.69, 9.17) is 0 Å². The van der Waals surface area contributed by atoms with Crippen molar-refractivity contribution in [2.45, 2.75) is 56.9 Å². The van der Waals surface area contributed by atoms with Crippen LogP contribution in [0.1, 0.15) is 62.5 Å². The highest BCUT2D eigenvalue weighted by molar-refractivity contribution is 7.88. The molecule has 2 aliphatic carbocycles. The van der Waals surface area contributed by atoms with Gasteiger partial charge in [-0.25, -0.2) is 0 Å². The average molecular weight is 581 g/mol. The minimum atomic E-state index is -5.69. The molecular weight excluding hydrogens is 549 g/mol. The number of rotatable bonds is 4. The topological polar surface area (TPSA) is 63.6 Å². The fourth-order valence-electron chi connectivity index (χ4n) is 5.52. The minimum Gasteiger partial charge on any atom is -0.507 e. The number of phenolic OH excluding ortho intramolecular Hbond substituents is 1. The highest BCUT2D eigenvalue weighted by Crippen LogP contribution is 2.38. The van der Waals surface area contributed by atoms with Gasteiger partial charge in [0.1, 0.15) is 5.75 Å². The van der Waals surface area contributed by atoms with Gasteiger partial charge < -0.3 is 9.29 Å². The maximum absolute atomic E-state index is 12.6. The van der Waals surface area contributed by atoms with E-state index >= 15 is 0 Å². The summed E-state index contributed by atoms with van der Waals surface area (Å²) in [7, 11) is -5.69. The molecule has 0 aliphatic heterocycles. The SMILES string of the molecule is O=S(=O)(Oc1ccc(C2=CCCCC2)c2ccccc12)C(F)(F)F.Oc1ccc(C2=CCCCC2)c2ccccc12. The second-order valence-corrected chi connectivity index (χ2v) is 11.8. The number of hydrogen-bond donors (Lipinski definition) is 1. The lowest BCUT2D eigenvalue weighted by molar-refractivity contribution is -0.0499. The maximum Gasteiger partial charge on any atom is 0.534 e. The Labute approximate surface area is 237 Å². The Morgan fingerprint density at radius 2 is 1.12 bits per heavy atom. The summed E-state index contributed by atoms with van der Waals surface area (Å²) >= 11 is 0. The second kappa shape index (κ2) is 12.0. The van der Waals surface area contributed by atoms with Crippen LogP contribution in [0.25, 0.3) is 32.7 Å². The van der Waals surface area contributed by atoms with Gasteiger partial charge in [0.2, 0.25) is 0 Å². The van der Waals surface area contributed by atoms with Gasteiger partial charge >= 0.3 is 15.6 Å². The molecule has 0 spiro atoms. The molecule has 0 aromatic heterocycles. The number of alkyl halides is 3. The summed E-state index contributed by atoms with van der Waals surface area (Å²) in [6, 6.07) is 21.6. The van der Waals surface area contributed by atoms with Crippen molar-refractivity contribution < 1.29 is 30.9 Å². The molecule has 0 radical (unpaired) electrons. The van der Waals surface area contributed by atoms with Crippen molar-refractivity contribution in [1.82, 2.24) is 0 Å². The third-order valence-electron chi connectivity index (χ3n) is 7.54. The van der Waals surface area contributed by atoms with Crippen LogP contribution in [0.5, 0.6) is 11.5 Å². The molecule has 2 aliphatic rings. The molecule has 0 saturated carbocycles. The van der Waals surface area contributed by atoms with Crippen LogP contribution in [0.4, 0.5) is 13.2 Å². The highest BCUT2D eigenvalue weighted by Gasteiger charge is 2.48. The van der Waals surface area contributed by atoms with Crippen molar-refractivity contribution in [3.63, 3.8) is 0 Å². The summed E-state index contributed by atoms with van der Waals surface area (Å²) < 4.78 is 64.6. The Morgan fingerprint density at radius 1 is 0.634 bits per heavy atom. The lowest BCUT2D eigenvalue weighted by Gasteiger charge is -2.17. The fraction of sp³-hybridized carbons (Fsp3) is 0.273. The predicted octanol–water partition coefficient (Wildman–Crippen LogP) is 9.53. The summed E-state index contributed by atoms with van der Waals surface area (Å²) in [5, 5.41) is 13.0. The molecule has 1 N–H and O–H groups in total. The Kier molecular flexibility index (Phi) is 8.40. The van der Waals surface area contributed by atoms with Crippen LogP contribution in [0.2, 0.25) is 0 Å². The van der Waals surface area contributed by atoms with Crippen molar-refractivity contribution in [1.29, 1.82) is 0 Å². The van der Waals surface area contributed by atoms with Gasteiger partial charge in [-0.15, -0.1) is 0 Å². The summed E-state index contributed by atoms with van der Waals surface area (Å²) in [5.74, 6) is 0.0591. The van der Waals surface area contributed by atoms with Crippen LogP contribution in [-0.2, 0) is 10.1 Å². The van der Waals surface area contributed by atoms with Gasteiger partial charge in [0, 0.05) is 10.8 Å². The zero-order chi connectivity index (χ0) is 29.0. The zero-order valence-corrected chi connectivity index (χ0v) is 23.3. The van der Waals surface area contributed by atoms with Gasteiger partial charge in [-0.2, -0.15) is 21.6 Å². The summed E-state index contributed by atoms with van der Waals surface area (Å²) in [4.78, 5) is 0. The molecule has 0 unspecified atom stereocenters. The Hall–Kier alpha value is -3.78. The van der Waals surface area contributed by atoms with E-state index in [0.29, 0.717) is 16.5 Å². The molecule has 4 aromatic rings. The van der Waals surface area contributed by atoms with Crippen LogP contribution in [0, 0.1) is 0 Å². The smallest absolute Gasteiger partial charge is 0.507 e. The summed E-state index contributed by atoms with van der Waals surface area (Å²) in [6.45, 7) is 0. The first kappa shape index (κ1) is 28.7. The molecular formula is C33H31F3O4S. The van der Waals surface area contributed by atoms with Crippen molar-refractivity contribution in [2.75, 3.05) is 0 Å². The van der Waals surface area contributed by atoms with E-state index < -0.39 is 15.6 Å². The van der Waals surface area contributed by atoms with Crippen LogP contribution < -0.4 is 4.18 Å².